The third-order valence-corrected chi connectivity index (χ3v) is 5.40. The third-order valence-electron chi connectivity index (χ3n) is 5.18. The Labute approximate surface area is 165 Å². The smallest absolute Gasteiger partial charge is 0.272 e. The van der Waals surface area contributed by atoms with Gasteiger partial charge in [0.25, 0.3) is 5.91 Å². The monoisotopic (exact) mass is 399 g/mol. The normalized spacial score (nSPS) is 22.3. The molecule has 5 heterocycles. The number of imidazole rings is 1. The molecule has 0 saturated carbocycles. The molecule has 2 fully saturated rings. The topological polar surface area (TPSA) is 100 Å². The molecule has 2 bridgehead atoms. The zero-order valence-corrected chi connectivity index (χ0v) is 15.7. The van der Waals surface area contributed by atoms with E-state index >= 15 is 0 Å². The zero-order valence-electron chi connectivity index (χ0n) is 15.0. The van der Waals surface area contributed by atoms with Crippen molar-refractivity contribution in [3.8, 4) is 0 Å². The Morgan fingerprint density at radius 3 is 2.93 bits per heavy atom. The highest BCUT2D eigenvalue weighted by Gasteiger charge is 2.37. The van der Waals surface area contributed by atoms with Gasteiger partial charge in [-0.3, -0.25) is 4.79 Å². The van der Waals surface area contributed by atoms with Crippen molar-refractivity contribution in [3.05, 3.63) is 41.7 Å². The molecule has 2 aliphatic heterocycles. The summed E-state index contributed by atoms with van der Waals surface area (Å²) in [5, 5.41) is 0.510. The van der Waals surface area contributed by atoms with Crippen molar-refractivity contribution in [2.45, 2.75) is 6.04 Å². The van der Waals surface area contributed by atoms with Crippen molar-refractivity contribution in [1.29, 1.82) is 0 Å². The van der Waals surface area contributed by atoms with Crippen LogP contribution in [-0.2, 0) is 4.74 Å². The van der Waals surface area contributed by atoms with E-state index in [9.17, 15) is 4.79 Å². The van der Waals surface area contributed by atoms with Crippen molar-refractivity contribution in [1.82, 2.24) is 29.8 Å². The van der Waals surface area contributed by atoms with Crippen LogP contribution in [0.4, 0.5) is 5.82 Å². The molecule has 2 atom stereocenters. The summed E-state index contributed by atoms with van der Waals surface area (Å²) in [5.74, 6) is 0.864. The lowest BCUT2D eigenvalue weighted by Crippen LogP contribution is -2.46. The Hall–Kier alpha value is -2.78. The fourth-order valence-electron chi connectivity index (χ4n) is 3.90. The lowest BCUT2D eigenvalue weighted by molar-refractivity contribution is 0.0492. The highest BCUT2D eigenvalue weighted by Crippen LogP contribution is 2.28. The number of H-pyrrole nitrogens is 1. The number of amides is 1. The first kappa shape index (κ1) is 17.3. The fourth-order valence-corrected chi connectivity index (χ4v) is 4.01. The molecule has 1 N–H and O–H groups in total. The van der Waals surface area contributed by atoms with Crippen LogP contribution in [0.5, 0.6) is 0 Å². The predicted octanol–water partition coefficient (Wildman–Crippen LogP) is 1.38. The second-order valence-corrected chi connectivity index (χ2v) is 7.52. The van der Waals surface area contributed by atoms with E-state index in [1.807, 2.05) is 4.90 Å². The number of fused-ring (bicyclic) bond motifs is 4. The molecule has 2 aliphatic rings. The van der Waals surface area contributed by atoms with E-state index in [1.165, 1.54) is 12.5 Å². The van der Waals surface area contributed by atoms with Crippen LogP contribution in [0.3, 0.4) is 0 Å². The lowest BCUT2D eigenvalue weighted by Gasteiger charge is -2.31. The summed E-state index contributed by atoms with van der Waals surface area (Å²) in [5.41, 5.74) is 1.82. The number of aromatic nitrogens is 5. The standard InChI is InChI=1S/C18H18ClN7O2/c19-12-1-2-14(20-3-12)18(27)25-4-11-5-26(13(6-25)8-28-7-11)17-15-16(22-9-21-15)23-10-24-17/h1-3,9-11,13H,4-8H2,(H,21,22,23,24)/t11-,13-/m0/s1. The van der Waals surface area contributed by atoms with Crippen LogP contribution in [0.25, 0.3) is 11.2 Å². The molecule has 0 radical (unpaired) electrons. The van der Waals surface area contributed by atoms with E-state index in [-0.39, 0.29) is 17.9 Å². The first-order valence-electron chi connectivity index (χ1n) is 9.08. The minimum absolute atomic E-state index is 0.0230. The van der Waals surface area contributed by atoms with Crippen molar-refractivity contribution in [2.75, 3.05) is 37.7 Å². The summed E-state index contributed by atoms with van der Waals surface area (Å²) >= 11 is 5.90. The Bertz CT molecular complexity index is 1010. The van der Waals surface area contributed by atoms with Crippen LogP contribution in [-0.4, -0.2) is 74.6 Å². The molecule has 9 nitrogen and oxygen atoms in total. The van der Waals surface area contributed by atoms with E-state index in [1.54, 1.807) is 18.5 Å². The van der Waals surface area contributed by atoms with Gasteiger partial charge < -0.3 is 19.5 Å². The second-order valence-electron chi connectivity index (χ2n) is 7.08. The molecule has 2 saturated heterocycles. The number of halogens is 1. The average molecular weight is 400 g/mol. The largest absolute Gasteiger partial charge is 0.379 e. The average Bonchev–Trinajstić information content (AvgIpc) is 2.99. The van der Waals surface area contributed by atoms with Gasteiger partial charge in [-0.15, -0.1) is 0 Å². The molecule has 3 aromatic rings. The molecule has 144 valence electrons. The van der Waals surface area contributed by atoms with Gasteiger partial charge in [0.1, 0.15) is 17.5 Å². The lowest BCUT2D eigenvalue weighted by atomic mass is 10.1. The van der Waals surface area contributed by atoms with Crippen molar-refractivity contribution >= 4 is 34.5 Å². The Morgan fingerprint density at radius 2 is 2.07 bits per heavy atom. The molecule has 0 aromatic carbocycles. The summed E-state index contributed by atoms with van der Waals surface area (Å²) in [6.45, 7) is 3.00. The molecule has 3 aromatic heterocycles. The second kappa shape index (κ2) is 6.99. The van der Waals surface area contributed by atoms with Gasteiger partial charge in [-0.2, -0.15) is 0 Å². The summed E-state index contributed by atoms with van der Waals surface area (Å²) in [4.78, 5) is 37.3. The van der Waals surface area contributed by atoms with Gasteiger partial charge in [-0.25, -0.2) is 19.9 Å². The number of nitrogens with zero attached hydrogens (tertiary/aromatic N) is 6. The van der Waals surface area contributed by atoms with Gasteiger partial charge in [0.15, 0.2) is 11.5 Å². The number of carbonyl (C=O) groups excluding carboxylic acids is 1. The molecule has 5 rings (SSSR count). The van der Waals surface area contributed by atoms with Gasteiger partial charge in [-0.05, 0) is 12.1 Å². The summed E-state index contributed by atoms with van der Waals surface area (Å²) in [6, 6.07) is 3.33. The van der Waals surface area contributed by atoms with Gasteiger partial charge >= 0.3 is 0 Å². The van der Waals surface area contributed by atoms with Crippen LogP contribution in [0.2, 0.25) is 5.02 Å². The first-order valence-corrected chi connectivity index (χ1v) is 9.46. The number of aromatic amines is 1. The Morgan fingerprint density at radius 1 is 1.14 bits per heavy atom. The number of nitrogens with one attached hydrogen (secondary N) is 1. The minimum atomic E-state index is -0.0928. The number of hydrogen-bond acceptors (Lipinski definition) is 7. The summed E-state index contributed by atoms with van der Waals surface area (Å²) in [7, 11) is 0. The van der Waals surface area contributed by atoms with Crippen LogP contribution < -0.4 is 4.90 Å². The molecule has 0 unspecified atom stereocenters. The van der Waals surface area contributed by atoms with Gasteiger partial charge in [0.05, 0.1) is 30.6 Å². The number of pyridine rings is 1. The molecular weight excluding hydrogens is 382 g/mol. The maximum Gasteiger partial charge on any atom is 0.272 e. The number of hydrogen-bond donors (Lipinski definition) is 1. The van der Waals surface area contributed by atoms with Crippen molar-refractivity contribution < 1.29 is 9.53 Å². The van der Waals surface area contributed by atoms with Gasteiger partial charge in [0, 0.05) is 31.7 Å². The van der Waals surface area contributed by atoms with Crippen LogP contribution in [0.15, 0.2) is 31.0 Å². The number of carbonyl (C=O) groups is 1. The van der Waals surface area contributed by atoms with E-state index in [4.69, 9.17) is 16.3 Å². The minimum Gasteiger partial charge on any atom is -0.379 e. The van der Waals surface area contributed by atoms with E-state index in [0.717, 1.165) is 17.9 Å². The quantitative estimate of drug-likeness (QED) is 0.694. The number of rotatable bonds is 2. The summed E-state index contributed by atoms with van der Waals surface area (Å²) in [6.07, 6.45) is 4.64. The van der Waals surface area contributed by atoms with Crippen molar-refractivity contribution in [2.24, 2.45) is 5.92 Å². The van der Waals surface area contributed by atoms with E-state index < -0.39 is 0 Å². The van der Waals surface area contributed by atoms with Crippen molar-refractivity contribution in [3.63, 3.8) is 0 Å². The van der Waals surface area contributed by atoms with E-state index in [2.05, 4.69) is 29.8 Å². The SMILES string of the molecule is O=C(c1ccc(Cl)cn1)N1C[C@@H]2COC[C@H](C1)N(c1ncnc3nc[nH]c13)C2. The molecule has 10 heteroatoms. The molecule has 28 heavy (non-hydrogen) atoms. The maximum atomic E-state index is 13.0. The maximum absolute atomic E-state index is 13.0. The highest BCUT2D eigenvalue weighted by atomic mass is 35.5. The van der Waals surface area contributed by atoms with Gasteiger partial charge in [-0.1, -0.05) is 11.6 Å². The first-order chi connectivity index (χ1) is 13.7. The molecule has 0 spiro atoms. The number of anilines is 1. The van der Waals surface area contributed by atoms with Crippen LogP contribution in [0.1, 0.15) is 10.5 Å². The molecular formula is C18H18ClN7O2. The number of ether oxygens (including phenoxy) is 1. The van der Waals surface area contributed by atoms with Gasteiger partial charge in [0.2, 0.25) is 0 Å². The van der Waals surface area contributed by atoms with Crippen LogP contribution in [0, 0.1) is 5.92 Å². The third kappa shape index (κ3) is 3.06. The Balaban J connectivity index is 1.47. The Kier molecular flexibility index (Phi) is 4.33. The molecule has 1 amide bonds. The predicted molar refractivity (Wildman–Crippen MR) is 102 cm³/mol. The fraction of sp³-hybridized carbons (Fsp3) is 0.389. The highest BCUT2D eigenvalue weighted by molar-refractivity contribution is 6.30. The van der Waals surface area contributed by atoms with E-state index in [0.29, 0.717) is 42.7 Å². The summed E-state index contributed by atoms with van der Waals surface area (Å²) < 4.78 is 5.87. The zero-order chi connectivity index (χ0) is 19.1. The van der Waals surface area contributed by atoms with Crippen LogP contribution >= 0.6 is 11.6 Å². The molecule has 0 aliphatic carbocycles.